The number of nitriles is 1. The lowest BCUT2D eigenvalue weighted by Crippen LogP contribution is -2.11. The number of ether oxygens (including phenoxy) is 2. The van der Waals surface area contributed by atoms with Crippen LogP contribution in [0.4, 0.5) is 5.69 Å². The lowest BCUT2D eigenvalue weighted by atomic mass is 10.2. The van der Waals surface area contributed by atoms with Gasteiger partial charge < -0.3 is 19.8 Å². The molecule has 0 amide bonds. The molecule has 3 aromatic rings. The second-order valence-corrected chi connectivity index (χ2v) is 5.77. The van der Waals surface area contributed by atoms with E-state index >= 15 is 0 Å². The third kappa shape index (κ3) is 3.62. The van der Waals surface area contributed by atoms with Crippen molar-refractivity contribution in [2.45, 2.75) is 20.1 Å². The van der Waals surface area contributed by atoms with Crippen molar-refractivity contribution in [1.82, 2.24) is 14.3 Å². The van der Waals surface area contributed by atoms with Gasteiger partial charge in [0, 0.05) is 30.2 Å². The Balaban J connectivity index is 1.81. The quantitative estimate of drug-likeness (QED) is 0.673. The van der Waals surface area contributed by atoms with Gasteiger partial charge in [0.15, 0.2) is 5.69 Å². The number of hydrogen-bond acceptors (Lipinski definition) is 6. The first-order chi connectivity index (χ1) is 13.1. The summed E-state index contributed by atoms with van der Waals surface area (Å²) in [4.78, 5) is 12.0. The predicted molar refractivity (Wildman–Crippen MR) is 98.5 cm³/mol. The number of aryl methyl sites for hydroxylation is 1. The minimum atomic E-state index is -0.609. The van der Waals surface area contributed by atoms with Crippen LogP contribution < -0.4 is 10.5 Å². The number of anilines is 1. The molecule has 8 nitrogen and oxygen atoms in total. The van der Waals surface area contributed by atoms with Crippen LogP contribution in [0.5, 0.6) is 5.75 Å². The average Bonchev–Trinajstić information content (AvgIpc) is 3.30. The third-order valence-electron chi connectivity index (χ3n) is 4.07. The number of nitrogens with zero attached hydrogens (tertiary/aromatic N) is 4. The molecule has 0 saturated heterocycles. The zero-order valence-corrected chi connectivity index (χ0v) is 15.0. The monoisotopic (exact) mass is 365 g/mol. The summed E-state index contributed by atoms with van der Waals surface area (Å²) in [6, 6.07) is 9.09. The lowest BCUT2D eigenvalue weighted by molar-refractivity contribution is 0.0593. The van der Waals surface area contributed by atoms with E-state index < -0.39 is 5.97 Å². The Morgan fingerprint density at radius 1 is 1.30 bits per heavy atom. The van der Waals surface area contributed by atoms with Gasteiger partial charge in [-0.05, 0) is 31.2 Å². The highest BCUT2D eigenvalue weighted by Crippen LogP contribution is 2.26. The Hall–Kier alpha value is -3.73. The SMILES string of the molecule is CCn1cc(COc2ccc(-n3cc(C#N)c(N)c3C(=O)OC)cc2)cn1. The molecule has 0 bridgehead atoms. The molecular formula is C19H19N5O3. The van der Waals surface area contributed by atoms with Gasteiger partial charge in [0.1, 0.15) is 18.4 Å². The second-order valence-electron chi connectivity index (χ2n) is 5.77. The first-order valence-electron chi connectivity index (χ1n) is 8.31. The minimum Gasteiger partial charge on any atom is -0.489 e. The summed E-state index contributed by atoms with van der Waals surface area (Å²) in [5.41, 5.74) is 7.97. The molecule has 0 atom stereocenters. The molecule has 2 heterocycles. The van der Waals surface area contributed by atoms with Gasteiger partial charge in [-0.1, -0.05) is 0 Å². The molecule has 27 heavy (non-hydrogen) atoms. The van der Waals surface area contributed by atoms with Crippen molar-refractivity contribution in [3.63, 3.8) is 0 Å². The summed E-state index contributed by atoms with van der Waals surface area (Å²) in [6.07, 6.45) is 5.21. The largest absolute Gasteiger partial charge is 0.489 e. The molecule has 0 radical (unpaired) electrons. The summed E-state index contributed by atoms with van der Waals surface area (Å²) < 4.78 is 13.9. The van der Waals surface area contributed by atoms with Crippen LogP contribution >= 0.6 is 0 Å². The molecule has 138 valence electrons. The smallest absolute Gasteiger partial charge is 0.357 e. The van der Waals surface area contributed by atoms with Crippen LogP contribution in [-0.2, 0) is 17.9 Å². The van der Waals surface area contributed by atoms with Gasteiger partial charge in [-0.25, -0.2) is 4.79 Å². The van der Waals surface area contributed by atoms with E-state index in [1.165, 1.54) is 17.9 Å². The van der Waals surface area contributed by atoms with Gasteiger partial charge in [0.05, 0.1) is 24.6 Å². The highest BCUT2D eigenvalue weighted by atomic mass is 16.5. The number of nitrogens with two attached hydrogens (primary N) is 1. The molecule has 0 aliphatic rings. The van der Waals surface area contributed by atoms with Crippen molar-refractivity contribution in [2.75, 3.05) is 12.8 Å². The summed E-state index contributed by atoms with van der Waals surface area (Å²) >= 11 is 0. The second kappa shape index (κ2) is 7.66. The van der Waals surface area contributed by atoms with Crippen LogP contribution in [0.25, 0.3) is 5.69 Å². The highest BCUT2D eigenvalue weighted by Gasteiger charge is 2.21. The molecule has 0 fully saturated rings. The van der Waals surface area contributed by atoms with Crippen molar-refractivity contribution >= 4 is 11.7 Å². The van der Waals surface area contributed by atoms with E-state index in [0.717, 1.165) is 12.1 Å². The molecule has 0 aliphatic heterocycles. The normalized spacial score (nSPS) is 10.4. The first kappa shape index (κ1) is 18.1. The number of methoxy groups -OCH3 is 1. The maximum atomic E-state index is 12.0. The van der Waals surface area contributed by atoms with Gasteiger partial charge in [-0.3, -0.25) is 4.68 Å². The highest BCUT2D eigenvalue weighted by molar-refractivity contribution is 5.95. The maximum Gasteiger partial charge on any atom is 0.357 e. The number of carbonyl (C=O) groups excluding carboxylic acids is 1. The number of benzene rings is 1. The Morgan fingerprint density at radius 2 is 2.04 bits per heavy atom. The summed E-state index contributed by atoms with van der Waals surface area (Å²) in [6.45, 7) is 3.23. The van der Waals surface area contributed by atoms with Crippen molar-refractivity contribution in [3.8, 4) is 17.5 Å². The van der Waals surface area contributed by atoms with Crippen LogP contribution in [0.3, 0.4) is 0 Å². The summed E-state index contributed by atoms with van der Waals surface area (Å²) in [5, 5.41) is 13.4. The minimum absolute atomic E-state index is 0.0950. The van der Waals surface area contributed by atoms with Gasteiger partial charge in [-0.2, -0.15) is 10.4 Å². The first-order valence-corrected chi connectivity index (χ1v) is 8.31. The van der Waals surface area contributed by atoms with Crippen LogP contribution in [0, 0.1) is 11.3 Å². The van der Waals surface area contributed by atoms with E-state index in [4.69, 9.17) is 15.2 Å². The van der Waals surface area contributed by atoms with Gasteiger partial charge in [0.2, 0.25) is 0 Å². The third-order valence-corrected chi connectivity index (χ3v) is 4.07. The molecular weight excluding hydrogens is 346 g/mol. The zero-order chi connectivity index (χ0) is 19.4. The predicted octanol–water partition coefficient (Wildman–Crippen LogP) is 2.51. The van der Waals surface area contributed by atoms with Crippen molar-refractivity contribution < 1.29 is 14.3 Å². The van der Waals surface area contributed by atoms with Crippen LogP contribution in [0.15, 0.2) is 42.9 Å². The van der Waals surface area contributed by atoms with Crippen LogP contribution in [0.1, 0.15) is 28.5 Å². The topological polar surface area (TPSA) is 108 Å². The van der Waals surface area contributed by atoms with Gasteiger partial charge in [-0.15, -0.1) is 0 Å². The van der Waals surface area contributed by atoms with E-state index in [1.807, 2.05) is 23.9 Å². The van der Waals surface area contributed by atoms with Crippen LogP contribution in [-0.4, -0.2) is 27.4 Å². The average molecular weight is 365 g/mol. The maximum absolute atomic E-state index is 12.0. The molecule has 3 rings (SSSR count). The lowest BCUT2D eigenvalue weighted by Gasteiger charge is -2.10. The van der Waals surface area contributed by atoms with Crippen molar-refractivity contribution in [2.24, 2.45) is 0 Å². The van der Waals surface area contributed by atoms with E-state index in [1.54, 1.807) is 30.5 Å². The van der Waals surface area contributed by atoms with E-state index in [9.17, 15) is 10.1 Å². The number of esters is 1. The summed E-state index contributed by atoms with van der Waals surface area (Å²) in [5.74, 6) is 0.0607. The Morgan fingerprint density at radius 3 is 2.63 bits per heavy atom. The fourth-order valence-corrected chi connectivity index (χ4v) is 2.64. The standard InChI is InChI=1S/C19H19N5O3/c1-3-23-10-13(9-22-23)12-27-16-6-4-15(5-7-16)24-11-14(8-20)17(21)18(24)19(25)26-2/h4-7,9-11H,3,12,21H2,1-2H3. The zero-order valence-electron chi connectivity index (χ0n) is 15.0. The van der Waals surface area contributed by atoms with E-state index in [-0.39, 0.29) is 16.9 Å². The Bertz CT molecular complexity index is 996. The molecule has 2 aromatic heterocycles. The fourth-order valence-electron chi connectivity index (χ4n) is 2.64. The molecule has 8 heteroatoms. The van der Waals surface area contributed by atoms with Crippen LogP contribution in [0.2, 0.25) is 0 Å². The Kier molecular flexibility index (Phi) is 5.13. The number of carbonyl (C=O) groups is 1. The molecule has 0 unspecified atom stereocenters. The summed E-state index contributed by atoms with van der Waals surface area (Å²) in [7, 11) is 1.27. The van der Waals surface area contributed by atoms with Crippen molar-refractivity contribution in [1.29, 1.82) is 5.26 Å². The van der Waals surface area contributed by atoms with Gasteiger partial charge in [0.25, 0.3) is 0 Å². The number of nitrogen functional groups attached to an aromatic ring is 1. The number of rotatable bonds is 6. The number of aromatic nitrogens is 3. The van der Waals surface area contributed by atoms with E-state index in [0.29, 0.717) is 18.0 Å². The molecule has 1 aromatic carbocycles. The van der Waals surface area contributed by atoms with E-state index in [2.05, 4.69) is 5.10 Å². The van der Waals surface area contributed by atoms with Gasteiger partial charge >= 0.3 is 5.97 Å². The molecule has 0 saturated carbocycles. The molecule has 0 spiro atoms. The van der Waals surface area contributed by atoms with Crippen molar-refractivity contribution in [3.05, 3.63) is 59.7 Å². The molecule has 0 aliphatic carbocycles. The fraction of sp³-hybridized carbons (Fsp3) is 0.211. The molecule has 2 N–H and O–H groups in total. The Labute approximate surface area is 156 Å². The number of hydrogen-bond donors (Lipinski definition) is 1.